The summed E-state index contributed by atoms with van der Waals surface area (Å²) < 4.78 is 42.3. The number of amides is 1. The highest BCUT2D eigenvalue weighted by molar-refractivity contribution is 7.89. The van der Waals surface area contributed by atoms with Crippen molar-refractivity contribution in [2.45, 2.75) is 11.3 Å². The monoisotopic (exact) mass is 392 g/mol. The largest absolute Gasteiger partial charge is 0.497 e. The lowest BCUT2D eigenvalue weighted by molar-refractivity contribution is -0.119. The Labute approximate surface area is 157 Å². The SMILES string of the molecule is COc1cccc(CCNC(=O)CNS(=O)(=O)c2ccc3c(c2)OCO3)c1. The quantitative estimate of drug-likeness (QED) is 0.696. The van der Waals surface area contributed by atoms with Gasteiger partial charge < -0.3 is 19.5 Å². The second kappa shape index (κ2) is 8.28. The molecule has 8 nitrogen and oxygen atoms in total. The van der Waals surface area contributed by atoms with Crippen molar-refractivity contribution in [1.82, 2.24) is 10.0 Å². The van der Waals surface area contributed by atoms with Crippen LogP contribution in [-0.2, 0) is 21.2 Å². The number of carbonyl (C=O) groups excluding carboxylic acids is 1. The van der Waals surface area contributed by atoms with E-state index in [0.717, 1.165) is 11.3 Å². The van der Waals surface area contributed by atoms with Gasteiger partial charge in [0.1, 0.15) is 5.75 Å². The third kappa shape index (κ3) is 4.89. The molecule has 0 spiro atoms. The normalized spacial score (nSPS) is 12.6. The van der Waals surface area contributed by atoms with E-state index in [-0.39, 0.29) is 18.2 Å². The van der Waals surface area contributed by atoms with Gasteiger partial charge in [0.05, 0.1) is 18.6 Å². The lowest BCUT2D eigenvalue weighted by atomic mass is 10.1. The summed E-state index contributed by atoms with van der Waals surface area (Å²) in [5, 5.41) is 2.68. The lowest BCUT2D eigenvalue weighted by Gasteiger charge is -2.09. The van der Waals surface area contributed by atoms with Crippen LogP contribution in [0.5, 0.6) is 17.2 Å². The van der Waals surface area contributed by atoms with Gasteiger partial charge in [-0.25, -0.2) is 13.1 Å². The van der Waals surface area contributed by atoms with Crippen LogP contribution in [0.4, 0.5) is 0 Å². The molecule has 0 aliphatic carbocycles. The Balaban J connectivity index is 1.48. The Bertz CT molecular complexity index is 929. The summed E-state index contributed by atoms with van der Waals surface area (Å²) in [6, 6.07) is 11.8. The van der Waals surface area contributed by atoms with Crippen molar-refractivity contribution >= 4 is 15.9 Å². The number of methoxy groups -OCH3 is 1. The first-order valence-corrected chi connectivity index (χ1v) is 9.75. The van der Waals surface area contributed by atoms with Crippen LogP contribution in [0.3, 0.4) is 0 Å². The summed E-state index contributed by atoms with van der Waals surface area (Å²) in [7, 11) is -2.24. The lowest BCUT2D eigenvalue weighted by Crippen LogP contribution is -2.37. The van der Waals surface area contributed by atoms with Gasteiger partial charge in [0.2, 0.25) is 22.7 Å². The molecule has 144 valence electrons. The van der Waals surface area contributed by atoms with Crippen LogP contribution in [0.15, 0.2) is 47.4 Å². The van der Waals surface area contributed by atoms with Crippen LogP contribution >= 0.6 is 0 Å². The summed E-state index contributed by atoms with van der Waals surface area (Å²) in [5.41, 5.74) is 1.01. The fraction of sp³-hybridized carbons (Fsp3) is 0.278. The van der Waals surface area contributed by atoms with Crippen LogP contribution in [0, 0.1) is 0 Å². The fourth-order valence-electron chi connectivity index (χ4n) is 2.52. The van der Waals surface area contributed by atoms with E-state index in [2.05, 4.69) is 10.0 Å². The average molecular weight is 392 g/mol. The molecule has 0 aromatic heterocycles. The topological polar surface area (TPSA) is 103 Å². The second-order valence-corrected chi connectivity index (χ2v) is 7.56. The van der Waals surface area contributed by atoms with Gasteiger partial charge in [-0.05, 0) is 36.2 Å². The zero-order chi connectivity index (χ0) is 19.3. The molecule has 0 atom stereocenters. The molecule has 2 aromatic carbocycles. The van der Waals surface area contributed by atoms with Gasteiger partial charge in [0.15, 0.2) is 11.5 Å². The van der Waals surface area contributed by atoms with Crippen molar-refractivity contribution < 1.29 is 27.4 Å². The number of hydrogen-bond acceptors (Lipinski definition) is 6. The Hall–Kier alpha value is -2.78. The minimum Gasteiger partial charge on any atom is -0.497 e. The first-order chi connectivity index (χ1) is 13.0. The molecule has 0 saturated heterocycles. The molecule has 0 bridgehead atoms. The molecule has 1 aliphatic rings. The molecule has 1 aliphatic heterocycles. The van der Waals surface area contributed by atoms with E-state index in [1.807, 2.05) is 24.3 Å². The minimum absolute atomic E-state index is 0.0101. The van der Waals surface area contributed by atoms with Crippen LogP contribution in [0.1, 0.15) is 5.56 Å². The first-order valence-electron chi connectivity index (χ1n) is 8.27. The molecule has 2 N–H and O–H groups in total. The van der Waals surface area contributed by atoms with E-state index in [1.165, 1.54) is 18.2 Å². The summed E-state index contributed by atoms with van der Waals surface area (Å²) in [5.74, 6) is 1.18. The van der Waals surface area contributed by atoms with Crippen molar-refractivity contribution in [3.8, 4) is 17.2 Å². The maximum Gasteiger partial charge on any atom is 0.241 e. The second-order valence-electron chi connectivity index (χ2n) is 5.79. The van der Waals surface area contributed by atoms with E-state index >= 15 is 0 Å². The number of nitrogens with one attached hydrogen (secondary N) is 2. The maximum absolute atomic E-state index is 12.3. The molecule has 0 radical (unpaired) electrons. The van der Waals surface area contributed by atoms with E-state index in [4.69, 9.17) is 14.2 Å². The molecule has 27 heavy (non-hydrogen) atoms. The van der Waals surface area contributed by atoms with Gasteiger partial charge in [-0.1, -0.05) is 12.1 Å². The number of ether oxygens (including phenoxy) is 3. The number of fused-ring (bicyclic) bond motifs is 1. The zero-order valence-corrected chi connectivity index (χ0v) is 15.5. The van der Waals surface area contributed by atoms with E-state index in [0.29, 0.717) is 24.5 Å². The number of rotatable bonds is 8. The Kier molecular flexibility index (Phi) is 5.82. The predicted octanol–water partition coefficient (Wildman–Crippen LogP) is 1.06. The Morgan fingerprint density at radius 3 is 2.78 bits per heavy atom. The van der Waals surface area contributed by atoms with E-state index < -0.39 is 15.9 Å². The van der Waals surface area contributed by atoms with Crippen molar-refractivity contribution in [3.63, 3.8) is 0 Å². The van der Waals surface area contributed by atoms with Gasteiger partial charge in [-0.3, -0.25) is 4.79 Å². The third-order valence-corrected chi connectivity index (χ3v) is 5.35. The molecule has 0 saturated carbocycles. The van der Waals surface area contributed by atoms with E-state index in [1.54, 1.807) is 7.11 Å². The zero-order valence-electron chi connectivity index (χ0n) is 14.7. The average Bonchev–Trinajstić information content (AvgIpc) is 3.14. The summed E-state index contributed by atoms with van der Waals surface area (Å²) >= 11 is 0. The number of benzene rings is 2. The molecule has 3 rings (SSSR count). The van der Waals surface area contributed by atoms with Crippen molar-refractivity contribution in [2.75, 3.05) is 27.0 Å². The third-order valence-electron chi connectivity index (χ3n) is 3.95. The number of hydrogen-bond donors (Lipinski definition) is 2. The van der Waals surface area contributed by atoms with Crippen LogP contribution in [0.2, 0.25) is 0 Å². The standard InChI is InChI=1S/C18H20N2O6S/c1-24-14-4-2-3-13(9-14)7-8-19-18(21)11-20-27(22,23)15-5-6-16-17(10-15)26-12-25-16/h2-6,9-10,20H,7-8,11-12H2,1H3,(H,19,21). The number of carbonyl (C=O) groups is 1. The smallest absolute Gasteiger partial charge is 0.241 e. The molecular formula is C18H20N2O6S. The minimum atomic E-state index is -3.83. The Morgan fingerprint density at radius 2 is 1.96 bits per heavy atom. The molecule has 1 amide bonds. The maximum atomic E-state index is 12.3. The first kappa shape index (κ1) is 19.0. The van der Waals surface area contributed by atoms with Gasteiger partial charge in [0.25, 0.3) is 0 Å². The fourth-order valence-corrected chi connectivity index (χ4v) is 3.52. The molecule has 9 heteroatoms. The predicted molar refractivity (Wildman–Crippen MR) is 97.5 cm³/mol. The van der Waals surface area contributed by atoms with Crippen LogP contribution in [0.25, 0.3) is 0 Å². The molecular weight excluding hydrogens is 372 g/mol. The van der Waals surface area contributed by atoms with E-state index in [9.17, 15) is 13.2 Å². The van der Waals surface area contributed by atoms with Crippen LogP contribution in [-0.4, -0.2) is 41.3 Å². The molecule has 0 fully saturated rings. The van der Waals surface area contributed by atoms with Gasteiger partial charge >= 0.3 is 0 Å². The molecule has 0 unspecified atom stereocenters. The highest BCUT2D eigenvalue weighted by atomic mass is 32.2. The van der Waals surface area contributed by atoms with Gasteiger partial charge in [-0.2, -0.15) is 0 Å². The highest BCUT2D eigenvalue weighted by Crippen LogP contribution is 2.33. The van der Waals surface area contributed by atoms with Crippen LogP contribution < -0.4 is 24.2 Å². The highest BCUT2D eigenvalue weighted by Gasteiger charge is 2.20. The van der Waals surface area contributed by atoms with Crippen molar-refractivity contribution in [1.29, 1.82) is 0 Å². The summed E-state index contributed by atoms with van der Waals surface area (Å²) in [6.45, 7) is 0.0919. The van der Waals surface area contributed by atoms with Crippen molar-refractivity contribution in [2.24, 2.45) is 0 Å². The van der Waals surface area contributed by atoms with Gasteiger partial charge in [-0.15, -0.1) is 0 Å². The molecule has 2 aromatic rings. The summed E-state index contributed by atoms with van der Waals surface area (Å²) in [6.07, 6.45) is 0.609. The summed E-state index contributed by atoms with van der Waals surface area (Å²) in [4.78, 5) is 11.9. The van der Waals surface area contributed by atoms with Gasteiger partial charge in [0, 0.05) is 12.6 Å². The Morgan fingerprint density at radius 1 is 1.15 bits per heavy atom. The van der Waals surface area contributed by atoms with Crippen molar-refractivity contribution in [3.05, 3.63) is 48.0 Å². The number of sulfonamides is 1. The molecule has 1 heterocycles.